The molecular weight excluding hydrogens is 404 g/mol. The van der Waals surface area contributed by atoms with E-state index in [9.17, 15) is 13.2 Å². The number of benzene rings is 1. The smallest absolute Gasteiger partial charge is 0.271 e. The van der Waals surface area contributed by atoms with Gasteiger partial charge >= 0.3 is 0 Å². The molecule has 3 N–H and O–H groups in total. The fourth-order valence-corrected chi connectivity index (χ4v) is 4.99. The molecule has 0 saturated carbocycles. The Bertz CT molecular complexity index is 1010. The van der Waals surface area contributed by atoms with Crippen LogP contribution in [0.25, 0.3) is 0 Å². The number of nitrogens with one attached hydrogen (secondary N) is 1. The highest BCUT2D eigenvalue weighted by Crippen LogP contribution is 2.25. The molecule has 2 aliphatic rings. The second-order valence-corrected chi connectivity index (χ2v) is 9.95. The third-order valence-corrected chi connectivity index (χ3v) is 7.12. The Morgan fingerprint density at radius 1 is 0.967 bits per heavy atom. The van der Waals surface area contributed by atoms with Gasteiger partial charge < -0.3 is 20.9 Å². The van der Waals surface area contributed by atoms with E-state index in [1.54, 1.807) is 6.20 Å². The van der Waals surface area contributed by atoms with E-state index in [4.69, 9.17) is 5.73 Å². The van der Waals surface area contributed by atoms with Gasteiger partial charge in [0.1, 0.15) is 5.82 Å². The van der Waals surface area contributed by atoms with Crippen LogP contribution in [0.15, 0.2) is 30.5 Å². The second kappa shape index (κ2) is 8.47. The molecule has 0 aliphatic carbocycles. The summed E-state index contributed by atoms with van der Waals surface area (Å²) < 4.78 is 23.2. The number of carbonyl (C=O) groups is 1. The van der Waals surface area contributed by atoms with Gasteiger partial charge in [0.2, 0.25) is 0 Å². The molecule has 0 bridgehead atoms. The third-order valence-electron chi connectivity index (χ3n) is 5.51. The van der Waals surface area contributed by atoms with Crippen molar-refractivity contribution in [2.75, 3.05) is 52.8 Å². The van der Waals surface area contributed by atoms with Gasteiger partial charge in [-0.05, 0) is 43.5 Å². The van der Waals surface area contributed by atoms with Gasteiger partial charge in [-0.15, -0.1) is 0 Å². The van der Waals surface area contributed by atoms with E-state index in [0.717, 1.165) is 43.1 Å². The standard InChI is InChI=1S/C20H26N6O3S/c21-19(27)18-20(24-17(14-22-18)26-8-2-1-3-9-26)23-15-4-6-16(7-5-15)25-10-12-30(28,29)13-11-25/h4-7,14H,1-3,8-13H2,(H2,21,27)(H,23,24). The fraction of sp³-hybridized carbons (Fsp3) is 0.450. The topological polar surface area (TPSA) is 122 Å². The maximum atomic E-state index is 11.8. The highest BCUT2D eigenvalue weighted by Gasteiger charge is 2.22. The van der Waals surface area contributed by atoms with Crippen molar-refractivity contribution in [3.05, 3.63) is 36.2 Å². The van der Waals surface area contributed by atoms with Crippen LogP contribution < -0.4 is 20.9 Å². The highest BCUT2D eigenvalue weighted by atomic mass is 32.2. The zero-order valence-electron chi connectivity index (χ0n) is 16.7. The van der Waals surface area contributed by atoms with E-state index in [0.29, 0.717) is 18.9 Å². The molecule has 0 radical (unpaired) electrons. The number of sulfone groups is 1. The summed E-state index contributed by atoms with van der Waals surface area (Å²) in [6.07, 6.45) is 5.04. The number of nitrogens with two attached hydrogens (primary N) is 1. The Morgan fingerprint density at radius 3 is 2.27 bits per heavy atom. The SMILES string of the molecule is NC(=O)c1ncc(N2CCCCC2)nc1Nc1ccc(N2CCS(=O)(=O)CC2)cc1. The van der Waals surface area contributed by atoms with Crippen molar-refractivity contribution in [3.63, 3.8) is 0 Å². The van der Waals surface area contributed by atoms with E-state index < -0.39 is 15.7 Å². The summed E-state index contributed by atoms with van der Waals surface area (Å²) in [5.74, 6) is 0.777. The third kappa shape index (κ3) is 4.64. The molecule has 160 valence electrons. The van der Waals surface area contributed by atoms with Crippen molar-refractivity contribution in [2.45, 2.75) is 19.3 Å². The number of hydrogen-bond acceptors (Lipinski definition) is 8. The van der Waals surface area contributed by atoms with Crippen LogP contribution in [0.5, 0.6) is 0 Å². The van der Waals surface area contributed by atoms with E-state index in [-0.39, 0.29) is 17.2 Å². The Labute approximate surface area is 176 Å². The molecule has 0 unspecified atom stereocenters. The summed E-state index contributed by atoms with van der Waals surface area (Å²) in [6, 6.07) is 7.59. The molecule has 0 atom stereocenters. The maximum Gasteiger partial charge on any atom is 0.271 e. The van der Waals surface area contributed by atoms with Gasteiger partial charge in [-0.2, -0.15) is 0 Å². The predicted molar refractivity (Wildman–Crippen MR) is 117 cm³/mol. The van der Waals surface area contributed by atoms with Gasteiger partial charge in [0, 0.05) is 37.6 Å². The van der Waals surface area contributed by atoms with Gasteiger partial charge in [-0.1, -0.05) is 0 Å². The first-order valence-corrected chi connectivity index (χ1v) is 12.0. The lowest BCUT2D eigenvalue weighted by Crippen LogP contribution is -2.40. The summed E-state index contributed by atoms with van der Waals surface area (Å²) in [5.41, 5.74) is 7.29. The Hall–Kier alpha value is -2.88. The molecule has 1 aromatic heterocycles. The molecule has 3 heterocycles. The van der Waals surface area contributed by atoms with Crippen molar-refractivity contribution < 1.29 is 13.2 Å². The fourth-order valence-electron chi connectivity index (χ4n) is 3.79. The van der Waals surface area contributed by atoms with Crippen molar-refractivity contribution in [1.82, 2.24) is 9.97 Å². The van der Waals surface area contributed by atoms with E-state index in [1.807, 2.05) is 24.3 Å². The first-order chi connectivity index (χ1) is 14.4. The van der Waals surface area contributed by atoms with Crippen LogP contribution in [0.3, 0.4) is 0 Å². The molecule has 1 amide bonds. The Kier molecular flexibility index (Phi) is 5.76. The lowest BCUT2D eigenvalue weighted by Gasteiger charge is -2.29. The molecule has 2 fully saturated rings. The van der Waals surface area contributed by atoms with E-state index >= 15 is 0 Å². The molecular formula is C20H26N6O3S. The minimum atomic E-state index is -2.92. The van der Waals surface area contributed by atoms with Gasteiger partial charge in [-0.25, -0.2) is 18.4 Å². The summed E-state index contributed by atoms with van der Waals surface area (Å²) >= 11 is 0. The molecule has 10 heteroatoms. The van der Waals surface area contributed by atoms with Gasteiger partial charge in [0.05, 0.1) is 17.7 Å². The summed E-state index contributed by atoms with van der Waals surface area (Å²) in [6.45, 7) is 2.82. The number of rotatable bonds is 5. The number of nitrogens with zero attached hydrogens (tertiary/aromatic N) is 4. The summed E-state index contributed by atoms with van der Waals surface area (Å²) in [4.78, 5) is 24.9. The molecule has 4 rings (SSSR count). The number of carbonyl (C=O) groups excluding carboxylic acids is 1. The normalized spacial score (nSPS) is 18.8. The minimum Gasteiger partial charge on any atom is -0.369 e. The lowest BCUT2D eigenvalue weighted by atomic mass is 10.1. The highest BCUT2D eigenvalue weighted by molar-refractivity contribution is 7.91. The van der Waals surface area contributed by atoms with E-state index in [1.165, 1.54) is 6.42 Å². The van der Waals surface area contributed by atoms with Gasteiger partial charge in [0.25, 0.3) is 5.91 Å². The second-order valence-electron chi connectivity index (χ2n) is 7.65. The molecule has 1 aromatic carbocycles. The van der Waals surface area contributed by atoms with Crippen molar-refractivity contribution in [2.24, 2.45) is 5.73 Å². The van der Waals surface area contributed by atoms with Crippen LogP contribution in [0.1, 0.15) is 29.8 Å². The van der Waals surface area contributed by atoms with Crippen molar-refractivity contribution >= 4 is 38.8 Å². The van der Waals surface area contributed by atoms with Crippen LogP contribution in [0.2, 0.25) is 0 Å². The average Bonchev–Trinajstić information content (AvgIpc) is 2.75. The number of primary amides is 1. The number of anilines is 4. The first-order valence-electron chi connectivity index (χ1n) is 10.2. The molecule has 0 spiro atoms. The number of hydrogen-bond donors (Lipinski definition) is 2. The number of piperidine rings is 1. The number of aromatic nitrogens is 2. The van der Waals surface area contributed by atoms with Gasteiger partial charge in [-0.3, -0.25) is 4.79 Å². The van der Waals surface area contributed by atoms with E-state index in [2.05, 4.69) is 25.1 Å². The van der Waals surface area contributed by atoms with Crippen LogP contribution >= 0.6 is 0 Å². The Morgan fingerprint density at radius 2 is 1.63 bits per heavy atom. The largest absolute Gasteiger partial charge is 0.369 e. The van der Waals surface area contributed by atoms with Crippen molar-refractivity contribution in [3.8, 4) is 0 Å². The maximum absolute atomic E-state index is 11.8. The molecule has 2 aliphatic heterocycles. The van der Waals surface area contributed by atoms with Crippen molar-refractivity contribution in [1.29, 1.82) is 0 Å². The van der Waals surface area contributed by atoms with Gasteiger partial charge in [0.15, 0.2) is 21.3 Å². The molecule has 30 heavy (non-hydrogen) atoms. The van der Waals surface area contributed by atoms with Crippen LogP contribution in [-0.2, 0) is 9.84 Å². The number of amides is 1. The quantitative estimate of drug-likeness (QED) is 0.733. The van der Waals surface area contributed by atoms with Crippen LogP contribution in [-0.4, -0.2) is 62.0 Å². The Balaban J connectivity index is 1.52. The molecule has 9 nitrogen and oxygen atoms in total. The molecule has 2 aromatic rings. The summed E-state index contributed by atoms with van der Waals surface area (Å²) in [5, 5.41) is 3.16. The summed E-state index contributed by atoms with van der Waals surface area (Å²) in [7, 11) is -2.92. The van der Waals surface area contributed by atoms with Crippen LogP contribution in [0.4, 0.5) is 23.0 Å². The zero-order valence-corrected chi connectivity index (χ0v) is 17.6. The zero-order chi connectivity index (χ0) is 21.1. The average molecular weight is 431 g/mol. The predicted octanol–water partition coefficient (Wildman–Crippen LogP) is 1.54. The lowest BCUT2D eigenvalue weighted by molar-refractivity contribution is 0.0996. The first kappa shape index (κ1) is 20.4. The monoisotopic (exact) mass is 430 g/mol. The molecule has 2 saturated heterocycles. The van der Waals surface area contributed by atoms with Crippen LogP contribution in [0, 0.1) is 0 Å². The minimum absolute atomic E-state index is 0.0982.